The standard InChI is InChI=1S/C12H20ClN3O/c1-5-14-12-15-7-10(13)11(16-12)17-9(4)6-8(2)3/h7-9H,5-6H2,1-4H3,(H,14,15,16). The second-order valence-electron chi connectivity index (χ2n) is 4.44. The third kappa shape index (κ3) is 4.77. The van der Waals surface area contributed by atoms with Crippen LogP contribution in [0.4, 0.5) is 5.95 Å². The summed E-state index contributed by atoms with van der Waals surface area (Å²) in [5.74, 6) is 1.58. The Morgan fingerprint density at radius 3 is 2.71 bits per heavy atom. The van der Waals surface area contributed by atoms with Gasteiger partial charge in [-0.15, -0.1) is 0 Å². The van der Waals surface area contributed by atoms with Crippen LogP contribution in [-0.2, 0) is 0 Å². The van der Waals surface area contributed by atoms with Gasteiger partial charge in [-0.05, 0) is 26.2 Å². The van der Waals surface area contributed by atoms with E-state index in [0.29, 0.717) is 22.8 Å². The van der Waals surface area contributed by atoms with E-state index in [0.717, 1.165) is 13.0 Å². The molecule has 1 rings (SSSR count). The van der Waals surface area contributed by atoms with Crippen molar-refractivity contribution in [2.24, 2.45) is 5.92 Å². The quantitative estimate of drug-likeness (QED) is 0.849. The third-order valence-electron chi connectivity index (χ3n) is 2.16. The zero-order chi connectivity index (χ0) is 12.8. The fraction of sp³-hybridized carbons (Fsp3) is 0.667. The lowest BCUT2D eigenvalue weighted by atomic mass is 10.1. The molecule has 0 aliphatic heterocycles. The first-order valence-corrected chi connectivity index (χ1v) is 6.33. The summed E-state index contributed by atoms with van der Waals surface area (Å²) >= 11 is 6.00. The van der Waals surface area contributed by atoms with E-state index in [4.69, 9.17) is 16.3 Å². The first kappa shape index (κ1) is 14.0. The van der Waals surface area contributed by atoms with Crippen LogP contribution in [0.1, 0.15) is 34.1 Å². The molecule has 4 nitrogen and oxygen atoms in total. The number of halogens is 1. The van der Waals surface area contributed by atoms with E-state index in [1.807, 2.05) is 13.8 Å². The van der Waals surface area contributed by atoms with Gasteiger partial charge >= 0.3 is 0 Å². The summed E-state index contributed by atoms with van der Waals surface area (Å²) in [4.78, 5) is 8.30. The van der Waals surface area contributed by atoms with Crippen LogP contribution in [0.25, 0.3) is 0 Å². The largest absolute Gasteiger partial charge is 0.473 e. The number of hydrogen-bond donors (Lipinski definition) is 1. The predicted molar refractivity (Wildman–Crippen MR) is 70.8 cm³/mol. The van der Waals surface area contributed by atoms with Crippen molar-refractivity contribution in [2.45, 2.75) is 40.2 Å². The van der Waals surface area contributed by atoms with Crippen LogP contribution in [0.5, 0.6) is 5.88 Å². The molecule has 0 aliphatic rings. The summed E-state index contributed by atoms with van der Waals surface area (Å²) in [6, 6.07) is 0. The summed E-state index contributed by atoms with van der Waals surface area (Å²) in [6.45, 7) is 9.09. The van der Waals surface area contributed by atoms with Gasteiger partial charge in [-0.25, -0.2) is 4.98 Å². The first-order chi connectivity index (χ1) is 8.02. The van der Waals surface area contributed by atoms with E-state index in [2.05, 4.69) is 29.1 Å². The van der Waals surface area contributed by atoms with Crippen molar-refractivity contribution in [2.75, 3.05) is 11.9 Å². The number of nitrogens with zero attached hydrogens (tertiary/aromatic N) is 2. The Balaban J connectivity index is 2.71. The average Bonchev–Trinajstić information content (AvgIpc) is 2.22. The van der Waals surface area contributed by atoms with Gasteiger partial charge in [0.2, 0.25) is 11.8 Å². The van der Waals surface area contributed by atoms with Gasteiger partial charge in [-0.3, -0.25) is 0 Å². The smallest absolute Gasteiger partial charge is 0.237 e. The number of hydrogen-bond acceptors (Lipinski definition) is 4. The molecule has 5 heteroatoms. The van der Waals surface area contributed by atoms with Crippen LogP contribution >= 0.6 is 11.6 Å². The molecule has 0 saturated heterocycles. The van der Waals surface area contributed by atoms with Crippen LogP contribution in [0.15, 0.2) is 6.20 Å². The van der Waals surface area contributed by atoms with Gasteiger partial charge in [0.25, 0.3) is 0 Å². The third-order valence-corrected chi connectivity index (χ3v) is 2.42. The minimum Gasteiger partial charge on any atom is -0.473 e. The highest BCUT2D eigenvalue weighted by Gasteiger charge is 2.12. The molecule has 1 unspecified atom stereocenters. The van der Waals surface area contributed by atoms with Crippen molar-refractivity contribution in [1.29, 1.82) is 0 Å². The minimum atomic E-state index is 0.0943. The van der Waals surface area contributed by atoms with Crippen molar-refractivity contribution in [3.63, 3.8) is 0 Å². The zero-order valence-electron chi connectivity index (χ0n) is 10.8. The Kier molecular flexibility index (Phi) is 5.48. The van der Waals surface area contributed by atoms with Gasteiger partial charge in [0.1, 0.15) is 5.02 Å². The van der Waals surface area contributed by atoms with Gasteiger partial charge in [0, 0.05) is 6.54 Å². The van der Waals surface area contributed by atoms with Crippen LogP contribution < -0.4 is 10.1 Å². The van der Waals surface area contributed by atoms with Crippen molar-refractivity contribution in [1.82, 2.24) is 9.97 Å². The van der Waals surface area contributed by atoms with E-state index < -0.39 is 0 Å². The maximum atomic E-state index is 6.00. The predicted octanol–water partition coefficient (Wildman–Crippen LogP) is 3.38. The molecule has 96 valence electrons. The van der Waals surface area contributed by atoms with Crippen molar-refractivity contribution < 1.29 is 4.74 Å². The Labute approximate surface area is 108 Å². The highest BCUT2D eigenvalue weighted by molar-refractivity contribution is 6.31. The molecule has 1 heterocycles. The van der Waals surface area contributed by atoms with Gasteiger partial charge in [-0.2, -0.15) is 4.98 Å². The summed E-state index contributed by atoms with van der Waals surface area (Å²) in [5, 5.41) is 3.47. The molecular weight excluding hydrogens is 238 g/mol. The molecule has 0 radical (unpaired) electrons. The summed E-state index contributed by atoms with van der Waals surface area (Å²) in [5.41, 5.74) is 0. The summed E-state index contributed by atoms with van der Waals surface area (Å²) in [6.07, 6.45) is 2.62. The number of nitrogens with one attached hydrogen (secondary N) is 1. The lowest BCUT2D eigenvalue weighted by molar-refractivity contribution is 0.186. The Morgan fingerprint density at radius 2 is 2.12 bits per heavy atom. The second-order valence-corrected chi connectivity index (χ2v) is 4.84. The van der Waals surface area contributed by atoms with Crippen molar-refractivity contribution in [3.05, 3.63) is 11.2 Å². The minimum absolute atomic E-state index is 0.0943. The molecule has 1 aromatic rings. The monoisotopic (exact) mass is 257 g/mol. The van der Waals surface area contributed by atoms with Crippen molar-refractivity contribution in [3.8, 4) is 5.88 Å². The molecule has 1 aromatic heterocycles. The maximum Gasteiger partial charge on any atom is 0.237 e. The van der Waals surface area contributed by atoms with Crippen LogP contribution in [0.3, 0.4) is 0 Å². The fourth-order valence-electron chi connectivity index (χ4n) is 1.58. The van der Waals surface area contributed by atoms with E-state index in [1.165, 1.54) is 0 Å². The molecule has 1 atom stereocenters. The van der Waals surface area contributed by atoms with Crippen LogP contribution in [-0.4, -0.2) is 22.6 Å². The van der Waals surface area contributed by atoms with Gasteiger partial charge in [-0.1, -0.05) is 25.4 Å². The number of rotatable bonds is 6. The molecule has 0 fully saturated rings. The lowest BCUT2D eigenvalue weighted by Crippen LogP contribution is -2.16. The summed E-state index contributed by atoms with van der Waals surface area (Å²) < 4.78 is 5.72. The Hall–Kier alpha value is -1.03. The van der Waals surface area contributed by atoms with Crippen molar-refractivity contribution >= 4 is 17.5 Å². The maximum absolute atomic E-state index is 6.00. The SMILES string of the molecule is CCNc1ncc(Cl)c(OC(C)CC(C)C)n1. The van der Waals surface area contributed by atoms with Gasteiger partial charge in [0.15, 0.2) is 0 Å². The molecule has 0 bridgehead atoms. The molecule has 0 spiro atoms. The molecule has 17 heavy (non-hydrogen) atoms. The van der Waals surface area contributed by atoms with E-state index >= 15 is 0 Å². The Bertz CT molecular complexity index is 358. The molecule has 0 amide bonds. The molecule has 0 saturated carbocycles. The highest BCUT2D eigenvalue weighted by Crippen LogP contribution is 2.24. The van der Waals surface area contributed by atoms with Gasteiger partial charge < -0.3 is 10.1 Å². The number of anilines is 1. The zero-order valence-corrected chi connectivity index (χ0v) is 11.6. The average molecular weight is 258 g/mol. The molecule has 1 N–H and O–H groups in total. The lowest BCUT2D eigenvalue weighted by Gasteiger charge is -2.16. The second kappa shape index (κ2) is 6.64. The molecule has 0 aliphatic carbocycles. The fourth-order valence-corrected chi connectivity index (χ4v) is 1.72. The first-order valence-electron chi connectivity index (χ1n) is 5.96. The number of ether oxygens (including phenoxy) is 1. The van der Waals surface area contributed by atoms with E-state index in [-0.39, 0.29) is 6.10 Å². The van der Waals surface area contributed by atoms with Crippen LogP contribution in [0, 0.1) is 5.92 Å². The van der Waals surface area contributed by atoms with Crippen LogP contribution in [0.2, 0.25) is 5.02 Å². The van der Waals surface area contributed by atoms with E-state index in [9.17, 15) is 0 Å². The highest BCUT2D eigenvalue weighted by atomic mass is 35.5. The number of aromatic nitrogens is 2. The van der Waals surface area contributed by atoms with Gasteiger partial charge in [0.05, 0.1) is 12.3 Å². The topological polar surface area (TPSA) is 47.0 Å². The Morgan fingerprint density at radius 1 is 1.41 bits per heavy atom. The molecular formula is C12H20ClN3O. The molecule has 0 aromatic carbocycles. The van der Waals surface area contributed by atoms with E-state index in [1.54, 1.807) is 6.20 Å². The summed E-state index contributed by atoms with van der Waals surface area (Å²) in [7, 11) is 0. The normalized spacial score (nSPS) is 12.6.